The van der Waals surface area contributed by atoms with Crippen LogP contribution < -0.4 is 4.74 Å². The lowest BCUT2D eigenvalue weighted by molar-refractivity contribution is 0.0856. The van der Waals surface area contributed by atoms with Gasteiger partial charge in [0.25, 0.3) is 0 Å². The zero-order valence-electron chi connectivity index (χ0n) is 10.6. The molecule has 1 aliphatic rings. The molecule has 1 atom stereocenters. The fraction of sp³-hybridized carbons (Fsp3) is 0.188. The number of rotatable bonds is 2. The molecule has 1 heterocycles. The lowest BCUT2D eigenvalue weighted by atomic mass is 10.0. The van der Waals surface area contributed by atoms with Gasteiger partial charge < -0.3 is 9.84 Å². The van der Waals surface area contributed by atoms with Gasteiger partial charge in [0, 0.05) is 6.42 Å². The van der Waals surface area contributed by atoms with Crippen LogP contribution in [0.25, 0.3) is 0 Å². The van der Waals surface area contributed by atoms with Crippen LogP contribution >= 0.6 is 0 Å². The number of aromatic hydroxyl groups is 1. The number of hydrogen-bond acceptors (Lipinski definition) is 3. The zero-order valence-corrected chi connectivity index (χ0v) is 10.6. The Bertz CT molecular complexity index is 629. The van der Waals surface area contributed by atoms with E-state index in [2.05, 4.69) is 0 Å². The van der Waals surface area contributed by atoms with Gasteiger partial charge in [-0.25, -0.2) is 0 Å². The van der Waals surface area contributed by atoms with Crippen molar-refractivity contribution in [1.82, 2.24) is 0 Å². The van der Waals surface area contributed by atoms with Crippen LogP contribution in [0.4, 0.5) is 0 Å². The van der Waals surface area contributed by atoms with Crippen molar-refractivity contribution in [3.8, 4) is 11.5 Å². The Balaban J connectivity index is 1.84. The summed E-state index contributed by atoms with van der Waals surface area (Å²) < 4.78 is 5.62. The number of ether oxygens (including phenoxy) is 1. The number of ketones is 1. The predicted octanol–water partition coefficient (Wildman–Crippen LogP) is 2.89. The summed E-state index contributed by atoms with van der Waals surface area (Å²) in [6, 6.07) is 12.9. The molecule has 0 saturated heterocycles. The van der Waals surface area contributed by atoms with E-state index in [-0.39, 0.29) is 11.5 Å². The third-order valence-electron chi connectivity index (χ3n) is 3.35. The van der Waals surface area contributed by atoms with E-state index in [4.69, 9.17) is 4.74 Å². The molecule has 0 aliphatic carbocycles. The van der Waals surface area contributed by atoms with Crippen LogP contribution in [0.3, 0.4) is 0 Å². The normalized spacial score (nSPS) is 17.1. The van der Waals surface area contributed by atoms with Crippen molar-refractivity contribution in [2.45, 2.75) is 19.4 Å². The summed E-state index contributed by atoms with van der Waals surface area (Å²) in [5.41, 5.74) is 2.54. The lowest BCUT2D eigenvalue weighted by Crippen LogP contribution is -2.23. The number of phenolic OH excluding ortho intramolecular Hbond substituents is 1. The van der Waals surface area contributed by atoms with Crippen molar-refractivity contribution in [2.24, 2.45) is 0 Å². The quantitative estimate of drug-likeness (QED) is 0.896. The highest BCUT2D eigenvalue weighted by molar-refractivity contribution is 6.06. The summed E-state index contributed by atoms with van der Waals surface area (Å²) in [6.07, 6.45) is -0.0150. The minimum atomic E-state index is -0.536. The fourth-order valence-corrected chi connectivity index (χ4v) is 2.31. The van der Waals surface area contributed by atoms with E-state index < -0.39 is 6.10 Å². The van der Waals surface area contributed by atoms with E-state index in [9.17, 15) is 9.90 Å². The number of Topliss-reactive ketones (excluding diaryl/α,β-unsaturated/α-hetero) is 1. The average Bonchev–Trinajstić information content (AvgIpc) is 2.71. The molecule has 1 N–H and O–H groups in total. The SMILES string of the molecule is Cc1ccc(CC2Oc3cccc(O)c3C2=O)cc1. The summed E-state index contributed by atoms with van der Waals surface area (Å²) in [4.78, 5) is 12.2. The topological polar surface area (TPSA) is 46.5 Å². The summed E-state index contributed by atoms with van der Waals surface area (Å²) in [5, 5.41) is 9.72. The van der Waals surface area contributed by atoms with Crippen molar-refractivity contribution >= 4 is 5.78 Å². The molecule has 1 aliphatic heterocycles. The van der Waals surface area contributed by atoms with Gasteiger partial charge in [-0.3, -0.25) is 4.79 Å². The molecule has 0 bridgehead atoms. The molecule has 96 valence electrons. The molecular weight excluding hydrogens is 240 g/mol. The maximum Gasteiger partial charge on any atom is 0.211 e. The molecule has 3 rings (SSSR count). The second kappa shape index (κ2) is 4.43. The smallest absolute Gasteiger partial charge is 0.211 e. The van der Waals surface area contributed by atoms with E-state index in [1.54, 1.807) is 12.1 Å². The molecule has 0 radical (unpaired) electrons. The van der Waals surface area contributed by atoms with Crippen LogP contribution in [-0.4, -0.2) is 17.0 Å². The standard InChI is InChI=1S/C16H14O3/c1-10-5-7-11(8-6-10)9-14-16(18)15-12(17)3-2-4-13(15)19-14/h2-8,14,17H,9H2,1H3. The molecule has 0 aromatic heterocycles. The van der Waals surface area contributed by atoms with Crippen LogP contribution in [0, 0.1) is 6.92 Å². The molecule has 0 spiro atoms. The Kier molecular flexibility index (Phi) is 2.75. The Labute approximate surface area is 111 Å². The Hall–Kier alpha value is -2.29. The van der Waals surface area contributed by atoms with Crippen LogP contribution in [0.5, 0.6) is 11.5 Å². The highest BCUT2D eigenvalue weighted by atomic mass is 16.5. The van der Waals surface area contributed by atoms with E-state index in [1.165, 1.54) is 11.6 Å². The van der Waals surface area contributed by atoms with Crippen molar-refractivity contribution in [3.63, 3.8) is 0 Å². The molecule has 0 saturated carbocycles. The first-order valence-electron chi connectivity index (χ1n) is 6.23. The van der Waals surface area contributed by atoms with Crippen LogP contribution in [0.15, 0.2) is 42.5 Å². The van der Waals surface area contributed by atoms with Gasteiger partial charge in [0.1, 0.15) is 17.1 Å². The molecule has 3 nitrogen and oxygen atoms in total. The minimum absolute atomic E-state index is 0.00564. The van der Waals surface area contributed by atoms with Gasteiger partial charge in [-0.05, 0) is 24.6 Å². The molecule has 3 heteroatoms. The molecule has 2 aromatic rings. The van der Waals surface area contributed by atoms with E-state index in [0.717, 1.165) is 5.56 Å². The number of fused-ring (bicyclic) bond motifs is 1. The number of carbonyl (C=O) groups is 1. The molecule has 2 aromatic carbocycles. The van der Waals surface area contributed by atoms with Gasteiger partial charge in [-0.2, -0.15) is 0 Å². The van der Waals surface area contributed by atoms with Gasteiger partial charge >= 0.3 is 0 Å². The Morgan fingerprint density at radius 2 is 1.89 bits per heavy atom. The molecule has 0 fully saturated rings. The van der Waals surface area contributed by atoms with Gasteiger partial charge in [0.2, 0.25) is 5.78 Å². The second-order valence-corrected chi connectivity index (χ2v) is 4.81. The summed E-state index contributed by atoms with van der Waals surface area (Å²) in [6.45, 7) is 2.02. The van der Waals surface area contributed by atoms with E-state index in [0.29, 0.717) is 17.7 Å². The maximum absolute atomic E-state index is 12.2. The minimum Gasteiger partial charge on any atom is -0.507 e. The van der Waals surface area contributed by atoms with Gasteiger partial charge in [-0.15, -0.1) is 0 Å². The largest absolute Gasteiger partial charge is 0.507 e. The lowest BCUT2D eigenvalue weighted by Gasteiger charge is -2.09. The van der Waals surface area contributed by atoms with E-state index >= 15 is 0 Å². The predicted molar refractivity (Wildman–Crippen MR) is 71.7 cm³/mol. The summed E-state index contributed by atoms with van der Waals surface area (Å²) in [7, 11) is 0. The van der Waals surface area contributed by atoms with Crippen LogP contribution in [0.1, 0.15) is 21.5 Å². The molecule has 19 heavy (non-hydrogen) atoms. The maximum atomic E-state index is 12.2. The average molecular weight is 254 g/mol. The van der Waals surface area contributed by atoms with Crippen molar-refractivity contribution < 1.29 is 14.6 Å². The Morgan fingerprint density at radius 3 is 2.58 bits per heavy atom. The van der Waals surface area contributed by atoms with E-state index in [1.807, 2.05) is 31.2 Å². The Morgan fingerprint density at radius 1 is 1.16 bits per heavy atom. The first-order valence-corrected chi connectivity index (χ1v) is 6.23. The molecule has 1 unspecified atom stereocenters. The summed E-state index contributed by atoms with van der Waals surface area (Å²) in [5.74, 6) is 0.324. The molecule has 0 amide bonds. The molecular formula is C16H14O3. The number of benzene rings is 2. The highest BCUT2D eigenvalue weighted by Crippen LogP contribution is 2.35. The van der Waals surface area contributed by atoms with Gasteiger partial charge in [0.15, 0.2) is 6.10 Å². The van der Waals surface area contributed by atoms with Crippen molar-refractivity contribution in [3.05, 3.63) is 59.2 Å². The monoisotopic (exact) mass is 254 g/mol. The number of aryl methyl sites for hydroxylation is 1. The summed E-state index contributed by atoms with van der Waals surface area (Å²) >= 11 is 0. The van der Waals surface area contributed by atoms with Gasteiger partial charge in [-0.1, -0.05) is 35.9 Å². The van der Waals surface area contributed by atoms with Crippen molar-refractivity contribution in [1.29, 1.82) is 0 Å². The second-order valence-electron chi connectivity index (χ2n) is 4.81. The fourth-order valence-electron chi connectivity index (χ4n) is 2.31. The van der Waals surface area contributed by atoms with Crippen LogP contribution in [0.2, 0.25) is 0 Å². The third-order valence-corrected chi connectivity index (χ3v) is 3.35. The van der Waals surface area contributed by atoms with Crippen LogP contribution in [-0.2, 0) is 6.42 Å². The van der Waals surface area contributed by atoms with Crippen molar-refractivity contribution in [2.75, 3.05) is 0 Å². The number of phenols is 1. The zero-order chi connectivity index (χ0) is 13.4. The number of hydrogen-bond donors (Lipinski definition) is 1. The first-order chi connectivity index (χ1) is 9.15. The van der Waals surface area contributed by atoms with Gasteiger partial charge in [0.05, 0.1) is 0 Å². The third kappa shape index (κ3) is 2.08. The first kappa shape index (κ1) is 11.8. The number of carbonyl (C=O) groups excluding carboxylic acids is 1. The highest BCUT2D eigenvalue weighted by Gasteiger charge is 2.34.